The minimum Gasteiger partial charge on any atom is -0.508 e. The Morgan fingerprint density at radius 3 is 2.72 bits per heavy atom. The number of fused-ring (bicyclic) bond motifs is 3. The third-order valence-corrected chi connectivity index (χ3v) is 6.02. The molecule has 5 heteroatoms. The molecule has 0 aromatic heterocycles. The van der Waals surface area contributed by atoms with Crippen LogP contribution in [0.2, 0.25) is 0 Å². The number of nitrogens with zero attached hydrogens (tertiary/aromatic N) is 2. The molecule has 3 aliphatic rings. The Balaban J connectivity index is 1.61. The average Bonchev–Trinajstić information content (AvgIpc) is 2.81. The number of hydrogen-bond acceptors (Lipinski definition) is 3. The van der Waals surface area contributed by atoms with E-state index < -0.39 is 0 Å². The highest BCUT2D eigenvalue weighted by Gasteiger charge is 2.39. The number of rotatable bonds is 1. The molecule has 1 N–H and O–H groups in total. The molecule has 1 saturated heterocycles. The number of carbonyl (C=O) groups excluding carboxylic acids is 2. The molecule has 0 radical (unpaired) electrons. The van der Waals surface area contributed by atoms with Gasteiger partial charge in [0.05, 0.1) is 12.6 Å². The van der Waals surface area contributed by atoms with Crippen LogP contribution in [0.25, 0.3) is 0 Å². The molecule has 2 fully saturated rings. The molecule has 1 atom stereocenters. The van der Waals surface area contributed by atoms with Gasteiger partial charge in [-0.1, -0.05) is 25.3 Å². The second-order valence-corrected chi connectivity index (χ2v) is 7.64. The fourth-order valence-corrected chi connectivity index (χ4v) is 4.68. The first-order valence-corrected chi connectivity index (χ1v) is 9.53. The lowest BCUT2D eigenvalue weighted by molar-refractivity contribution is -0.151. The number of benzene rings is 1. The van der Waals surface area contributed by atoms with Crippen molar-refractivity contribution in [3.63, 3.8) is 0 Å². The number of aromatic hydroxyl groups is 1. The molecule has 134 valence electrons. The molecule has 2 amide bonds. The van der Waals surface area contributed by atoms with Gasteiger partial charge in [-0.05, 0) is 48.9 Å². The van der Waals surface area contributed by atoms with Gasteiger partial charge in [-0.25, -0.2) is 0 Å². The fraction of sp³-hybridized carbons (Fsp3) is 0.600. The maximum atomic E-state index is 12.9. The predicted octanol–water partition coefficient (Wildman–Crippen LogP) is 2.63. The predicted molar refractivity (Wildman–Crippen MR) is 94.0 cm³/mol. The summed E-state index contributed by atoms with van der Waals surface area (Å²) in [6.45, 7) is 1.49. The summed E-state index contributed by atoms with van der Waals surface area (Å²) in [5.74, 6) is 0.501. The van der Waals surface area contributed by atoms with Crippen molar-refractivity contribution in [1.82, 2.24) is 9.80 Å². The van der Waals surface area contributed by atoms with Gasteiger partial charge >= 0.3 is 0 Å². The van der Waals surface area contributed by atoms with E-state index in [4.69, 9.17) is 0 Å². The molecule has 1 aliphatic carbocycles. The van der Waals surface area contributed by atoms with Crippen molar-refractivity contribution in [3.05, 3.63) is 29.3 Å². The van der Waals surface area contributed by atoms with Crippen molar-refractivity contribution in [2.24, 2.45) is 5.92 Å². The summed E-state index contributed by atoms with van der Waals surface area (Å²) in [7, 11) is 0. The Kier molecular flexibility index (Phi) is 4.40. The minimum atomic E-state index is -0.126. The third kappa shape index (κ3) is 3.12. The fourth-order valence-electron chi connectivity index (χ4n) is 4.68. The van der Waals surface area contributed by atoms with Crippen LogP contribution in [-0.4, -0.2) is 46.4 Å². The number of phenolic OH excluding ortho intramolecular Hbond substituents is 1. The van der Waals surface area contributed by atoms with Gasteiger partial charge in [0.15, 0.2) is 0 Å². The monoisotopic (exact) mass is 342 g/mol. The van der Waals surface area contributed by atoms with Crippen LogP contribution >= 0.6 is 0 Å². The summed E-state index contributed by atoms with van der Waals surface area (Å²) >= 11 is 0. The number of phenols is 1. The van der Waals surface area contributed by atoms with E-state index in [-0.39, 0.29) is 36.1 Å². The van der Waals surface area contributed by atoms with Crippen molar-refractivity contribution in [3.8, 4) is 5.75 Å². The van der Waals surface area contributed by atoms with Gasteiger partial charge < -0.3 is 14.9 Å². The minimum absolute atomic E-state index is 0.0385. The topological polar surface area (TPSA) is 60.9 Å². The maximum Gasteiger partial charge on any atom is 0.242 e. The van der Waals surface area contributed by atoms with Crippen LogP contribution in [0.4, 0.5) is 0 Å². The van der Waals surface area contributed by atoms with Gasteiger partial charge in [-0.3, -0.25) is 9.59 Å². The molecular weight excluding hydrogens is 316 g/mol. The lowest BCUT2D eigenvalue weighted by atomic mass is 9.87. The van der Waals surface area contributed by atoms with Crippen molar-refractivity contribution >= 4 is 11.8 Å². The van der Waals surface area contributed by atoms with E-state index in [2.05, 4.69) is 0 Å². The largest absolute Gasteiger partial charge is 0.508 e. The van der Waals surface area contributed by atoms with E-state index in [9.17, 15) is 14.7 Å². The van der Waals surface area contributed by atoms with E-state index in [0.29, 0.717) is 6.54 Å². The van der Waals surface area contributed by atoms with Crippen LogP contribution in [0, 0.1) is 5.92 Å². The highest BCUT2D eigenvalue weighted by Crippen LogP contribution is 2.35. The second-order valence-electron chi connectivity index (χ2n) is 7.64. The second kappa shape index (κ2) is 6.70. The molecule has 2 heterocycles. The summed E-state index contributed by atoms with van der Waals surface area (Å²) < 4.78 is 0. The molecule has 0 bridgehead atoms. The number of hydrogen-bond donors (Lipinski definition) is 1. The molecule has 1 aromatic rings. The molecule has 2 aliphatic heterocycles. The molecule has 0 spiro atoms. The smallest absolute Gasteiger partial charge is 0.242 e. The highest BCUT2D eigenvalue weighted by molar-refractivity contribution is 5.87. The van der Waals surface area contributed by atoms with Crippen LogP contribution in [-0.2, 0) is 16.0 Å². The maximum absolute atomic E-state index is 12.9. The normalized spacial score (nSPS) is 24.5. The van der Waals surface area contributed by atoms with Gasteiger partial charge in [0.25, 0.3) is 0 Å². The number of aryl methyl sites for hydroxylation is 1. The molecule has 1 aromatic carbocycles. The van der Waals surface area contributed by atoms with Crippen molar-refractivity contribution in [2.75, 3.05) is 19.6 Å². The Hall–Kier alpha value is -2.04. The summed E-state index contributed by atoms with van der Waals surface area (Å²) in [5, 5.41) is 9.93. The first kappa shape index (κ1) is 16.4. The summed E-state index contributed by atoms with van der Waals surface area (Å²) in [6, 6.07) is 5.32. The van der Waals surface area contributed by atoms with Crippen molar-refractivity contribution < 1.29 is 14.7 Å². The van der Waals surface area contributed by atoms with E-state index in [0.717, 1.165) is 50.6 Å². The quantitative estimate of drug-likeness (QED) is 0.853. The van der Waals surface area contributed by atoms with Crippen LogP contribution in [0.5, 0.6) is 5.75 Å². The summed E-state index contributed by atoms with van der Waals surface area (Å²) in [4.78, 5) is 29.4. The molecule has 4 rings (SSSR count). The molecular formula is C20H26N2O3. The number of carbonyl (C=O) groups is 2. The van der Waals surface area contributed by atoms with Gasteiger partial charge in [-0.15, -0.1) is 0 Å². The third-order valence-electron chi connectivity index (χ3n) is 6.02. The van der Waals surface area contributed by atoms with E-state index in [1.165, 1.54) is 12.0 Å². The highest BCUT2D eigenvalue weighted by atomic mass is 16.3. The molecule has 5 nitrogen and oxygen atoms in total. The van der Waals surface area contributed by atoms with E-state index in [1.54, 1.807) is 17.0 Å². The summed E-state index contributed by atoms with van der Waals surface area (Å²) in [5.41, 5.74) is 2.19. The van der Waals surface area contributed by atoms with Crippen LogP contribution in [0.15, 0.2) is 18.2 Å². The van der Waals surface area contributed by atoms with Crippen LogP contribution in [0.3, 0.4) is 0 Å². The SMILES string of the molecule is O=C(C1CCCCC1)N1CC(=O)N2CCCc3ccc(O)cc3C2C1. The van der Waals surface area contributed by atoms with E-state index >= 15 is 0 Å². The molecule has 1 unspecified atom stereocenters. The Bertz CT molecular complexity index is 682. The first-order chi connectivity index (χ1) is 12.1. The van der Waals surface area contributed by atoms with Crippen molar-refractivity contribution in [1.29, 1.82) is 0 Å². The standard InChI is InChI=1S/C20H26N2O3/c23-16-9-8-14-7-4-10-22-18(17(14)11-16)12-21(13-19(22)24)20(25)15-5-2-1-3-6-15/h8-9,11,15,18,23H,1-7,10,12-13H2. The van der Waals surface area contributed by atoms with Crippen LogP contribution in [0.1, 0.15) is 55.7 Å². The van der Waals surface area contributed by atoms with Crippen LogP contribution < -0.4 is 0 Å². The Morgan fingerprint density at radius 2 is 1.92 bits per heavy atom. The molecule has 25 heavy (non-hydrogen) atoms. The zero-order valence-electron chi connectivity index (χ0n) is 14.6. The first-order valence-electron chi connectivity index (χ1n) is 9.53. The lowest BCUT2D eigenvalue weighted by Crippen LogP contribution is -2.55. The lowest BCUT2D eigenvalue weighted by Gasteiger charge is -2.42. The Morgan fingerprint density at radius 1 is 1.12 bits per heavy atom. The Labute approximate surface area is 148 Å². The van der Waals surface area contributed by atoms with E-state index in [1.807, 2.05) is 11.0 Å². The van der Waals surface area contributed by atoms with Gasteiger partial charge in [0, 0.05) is 19.0 Å². The van der Waals surface area contributed by atoms with Crippen molar-refractivity contribution in [2.45, 2.75) is 51.0 Å². The number of amides is 2. The van der Waals surface area contributed by atoms with Gasteiger partial charge in [0.2, 0.25) is 11.8 Å². The van der Waals surface area contributed by atoms with Gasteiger partial charge in [-0.2, -0.15) is 0 Å². The summed E-state index contributed by atoms with van der Waals surface area (Å²) in [6.07, 6.45) is 7.19. The molecule has 1 saturated carbocycles. The zero-order valence-corrected chi connectivity index (χ0v) is 14.6. The zero-order chi connectivity index (χ0) is 17.4. The average molecular weight is 342 g/mol. The number of piperazine rings is 1. The van der Waals surface area contributed by atoms with Gasteiger partial charge in [0.1, 0.15) is 5.75 Å².